The Morgan fingerprint density at radius 3 is 2.74 bits per heavy atom. The third-order valence-electron chi connectivity index (χ3n) is 5.40. The van der Waals surface area contributed by atoms with Crippen LogP contribution in [0.15, 0.2) is 18.2 Å². The van der Waals surface area contributed by atoms with Crippen molar-refractivity contribution in [3.05, 3.63) is 23.8 Å². The smallest absolute Gasteiger partial charge is 0.422 e. The van der Waals surface area contributed by atoms with E-state index in [0.29, 0.717) is 24.2 Å². The van der Waals surface area contributed by atoms with Crippen molar-refractivity contribution in [3.63, 3.8) is 0 Å². The molecule has 148 valence electrons. The SMILES string of the molecule is Cc1cc(NC(=O)N2C[C@@H]3CCC[C@@]3(C(=O)O)C2)ccc1OCC(F)(F)F. The van der Waals surface area contributed by atoms with Crippen molar-refractivity contribution in [2.45, 2.75) is 32.4 Å². The number of anilines is 1. The summed E-state index contributed by atoms with van der Waals surface area (Å²) in [6.45, 7) is 0.765. The van der Waals surface area contributed by atoms with Gasteiger partial charge >= 0.3 is 18.2 Å². The Morgan fingerprint density at radius 1 is 1.41 bits per heavy atom. The van der Waals surface area contributed by atoms with Gasteiger partial charge in [-0.2, -0.15) is 13.2 Å². The Morgan fingerprint density at radius 2 is 2.15 bits per heavy atom. The number of aryl methyl sites for hydroxylation is 1. The largest absolute Gasteiger partial charge is 0.484 e. The molecule has 2 atom stereocenters. The van der Waals surface area contributed by atoms with Gasteiger partial charge in [0.2, 0.25) is 0 Å². The number of hydrogen-bond donors (Lipinski definition) is 2. The second-order valence-corrected chi connectivity index (χ2v) is 7.25. The number of carbonyl (C=O) groups is 2. The Kier molecular flexibility index (Phi) is 4.96. The minimum atomic E-state index is -4.42. The summed E-state index contributed by atoms with van der Waals surface area (Å²) in [4.78, 5) is 25.7. The molecule has 1 saturated heterocycles. The monoisotopic (exact) mass is 386 g/mol. The van der Waals surface area contributed by atoms with Crippen molar-refractivity contribution >= 4 is 17.7 Å². The van der Waals surface area contributed by atoms with Crippen LogP contribution in [0.25, 0.3) is 0 Å². The number of ether oxygens (including phenoxy) is 1. The van der Waals surface area contributed by atoms with Crippen LogP contribution in [-0.4, -0.2) is 47.9 Å². The molecular weight excluding hydrogens is 365 g/mol. The van der Waals surface area contributed by atoms with Crippen molar-refractivity contribution in [2.24, 2.45) is 11.3 Å². The van der Waals surface area contributed by atoms with E-state index in [2.05, 4.69) is 5.32 Å². The molecule has 1 aromatic rings. The zero-order valence-corrected chi connectivity index (χ0v) is 14.8. The highest BCUT2D eigenvalue weighted by Crippen LogP contribution is 2.48. The van der Waals surface area contributed by atoms with Crippen LogP contribution >= 0.6 is 0 Å². The molecule has 2 N–H and O–H groups in total. The maximum Gasteiger partial charge on any atom is 0.422 e. The van der Waals surface area contributed by atoms with Crippen LogP contribution in [0.1, 0.15) is 24.8 Å². The normalized spacial score (nSPS) is 24.6. The molecule has 2 amide bonds. The number of urea groups is 1. The number of rotatable bonds is 4. The van der Waals surface area contributed by atoms with Gasteiger partial charge in [-0.1, -0.05) is 6.42 Å². The van der Waals surface area contributed by atoms with Crippen LogP contribution < -0.4 is 10.1 Å². The van der Waals surface area contributed by atoms with E-state index in [9.17, 15) is 27.9 Å². The first kappa shape index (κ1) is 19.3. The molecule has 1 aromatic carbocycles. The summed E-state index contributed by atoms with van der Waals surface area (Å²) in [6.07, 6.45) is -2.21. The Hall–Kier alpha value is -2.45. The number of carbonyl (C=O) groups excluding carboxylic acids is 1. The van der Waals surface area contributed by atoms with E-state index in [-0.39, 0.29) is 18.2 Å². The molecule has 1 saturated carbocycles. The van der Waals surface area contributed by atoms with Gasteiger partial charge in [0.05, 0.1) is 5.41 Å². The summed E-state index contributed by atoms with van der Waals surface area (Å²) in [7, 11) is 0. The highest BCUT2D eigenvalue weighted by atomic mass is 19.4. The topological polar surface area (TPSA) is 78.9 Å². The van der Waals surface area contributed by atoms with Crippen LogP contribution in [0.5, 0.6) is 5.75 Å². The summed E-state index contributed by atoms with van der Waals surface area (Å²) in [5.74, 6) is -0.811. The van der Waals surface area contributed by atoms with Gasteiger partial charge in [-0.3, -0.25) is 4.79 Å². The lowest BCUT2D eigenvalue weighted by molar-refractivity contribution is -0.153. The quantitative estimate of drug-likeness (QED) is 0.828. The molecule has 0 spiro atoms. The summed E-state index contributed by atoms with van der Waals surface area (Å²) in [5.41, 5.74) is 0.0124. The summed E-state index contributed by atoms with van der Waals surface area (Å²) < 4.78 is 41.5. The van der Waals surface area contributed by atoms with E-state index in [0.717, 1.165) is 12.8 Å². The van der Waals surface area contributed by atoms with E-state index >= 15 is 0 Å². The molecule has 1 heterocycles. The molecule has 2 aliphatic rings. The van der Waals surface area contributed by atoms with Gasteiger partial charge < -0.3 is 20.1 Å². The lowest BCUT2D eigenvalue weighted by Gasteiger charge is -2.23. The molecule has 6 nitrogen and oxygen atoms in total. The van der Waals surface area contributed by atoms with Gasteiger partial charge in [0.1, 0.15) is 5.75 Å². The van der Waals surface area contributed by atoms with Crippen molar-refractivity contribution < 1.29 is 32.6 Å². The maximum absolute atomic E-state index is 12.5. The minimum absolute atomic E-state index is 0.0411. The Bertz CT molecular complexity index is 753. The van der Waals surface area contributed by atoms with Crippen LogP contribution in [0.3, 0.4) is 0 Å². The van der Waals surface area contributed by atoms with Gasteiger partial charge in [-0.25, -0.2) is 4.79 Å². The summed E-state index contributed by atoms with van der Waals surface area (Å²) in [5, 5.41) is 12.3. The molecule has 0 unspecified atom stereocenters. The third-order valence-corrected chi connectivity index (χ3v) is 5.40. The summed E-state index contributed by atoms with van der Waals surface area (Å²) in [6, 6.07) is 3.94. The first-order valence-electron chi connectivity index (χ1n) is 8.70. The molecule has 3 rings (SSSR count). The van der Waals surface area contributed by atoms with Gasteiger partial charge in [-0.15, -0.1) is 0 Å². The fourth-order valence-corrected chi connectivity index (χ4v) is 4.04. The van der Waals surface area contributed by atoms with E-state index < -0.39 is 30.2 Å². The molecule has 0 bridgehead atoms. The first-order chi connectivity index (χ1) is 12.6. The van der Waals surface area contributed by atoms with Crippen LogP contribution in [0.4, 0.5) is 23.7 Å². The number of fused-ring (bicyclic) bond motifs is 1. The Balaban J connectivity index is 1.63. The predicted octanol–water partition coefficient (Wildman–Crippen LogP) is 3.65. The highest BCUT2D eigenvalue weighted by Gasteiger charge is 2.55. The average Bonchev–Trinajstić information content (AvgIpc) is 3.11. The highest BCUT2D eigenvalue weighted by molar-refractivity contribution is 5.91. The van der Waals surface area contributed by atoms with Crippen molar-refractivity contribution in [2.75, 3.05) is 25.0 Å². The van der Waals surface area contributed by atoms with E-state index in [1.54, 1.807) is 6.92 Å². The van der Waals surface area contributed by atoms with Crippen molar-refractivity contribution in [3.8, 4) is 5.75 Å². The summed E-state index contributed by atoms with van der Waals surface area (Å²) >= 11 is 0. The number of likely N-dealkylation sites (tertiary alicyclic amines) is 1. The molecular formula is C18H21F3N2O4. The molecule has 1 aliphatic heterocycles. The number of carboxylic acid groups (broad SMARTS) is 1. The number of amides is 2. The molecule has 0 radical (unpaired) electrons. The molecule has 27 heavy (non-hydrogen) atoms. The van der Waals surface area contributed by atoms with E-state index in [1.807, 2.05) is 0 Å². The van der Waals surface area contributed by atoms with Crippen molar-refractivity contribution in [1.82, 2.24) is 4.90 Å². The van der Waals surface area contributed by atoms with Gasteiger partial charge in [-0.05, 0) is 49.4 Å². The number of hydrogen-bond acceptors (Lipinski definition) is 3. The number of nitrogens with zero attached hydrogens (tertiary/aromatic N) is 1. The second-order valence-electron chi connectivity index (χ2n) is 7.25. The molecule has 1 aliphatic carbocycles. The van der Waals surface area contributed by atoms with Gasteiger partial charge in [0.15, 0.2) is 6.61 Å². The van der Waals surface area contributed by atoms with E-state index in [4.69, 9.17) is 4.74 Å². The first-order valence-corrected chi connectivity index (χ1v) is 8.70. The van der Waals surface area contributed by atoms with Gasteiger partial charge in [0, 0.05) is 18.8 Å². The zero-order chi connectivity index (χ0) is 19.8. The average molecular weight is 386 g/mol. The van der Waals surface area contributed by atoms with Crippen LogP contribution in [0, 0.1) is 18.3 Å². The fourth-order valence-electron chi connectivity index (χ4n) is 4.04. The zero-order valence-electron chi connectivity index (χ0n) is 14.8. The van der Waals surface area contributed by atoms with Crippen LogP contribution in [0.2, 0.25) is 0 Å². The number of nitrogens with one attached hydrogen (secondary N) is 1. The number of carboxylic acids is 1. The van der Waals surface area contributed by atoms with Crippen LogP contribution in [-0.2, 0) is 4.79 Å². The predicted molar refractivity (Wildman–Crippen MR) is 90.7 cm³/mol. The number of halogens is 3. The lowest BCUT2D eigenvalue weighted by atomic mass is 9.81. The Labute approximate surface area is 154 Å². The maximum atomic E-state index is 12.5. The third kappa shape index (κ3) is 3.96. The second kappa shape index (κ2) is 6.94. The van der Waals surface area contributed by atoms with Gasteiger partial charge in [0.25, 0.3) is 0 Å². The lowest BCUT2D eigenvalue weighted by Crippen LogP contribution is -2.38. The van der Waals surface area contributed by atoms with E-state index in [1.165, 1.54) is 23.1 Å². The number of benzene rings is 1. The minimum Gasteiger partial charge on any atom is -0.484 e. The molecule has 2 fully saturated rings. The number of alkyl halides is 3. The molecule has 0 aromatic heterocycles. The van der Waals surface area contributed by atoms with Crippen molar-refractivity contribution in [1.29, 1.82) is 0 Å². The standard InChI is InChI=1S/C18H21F3N2O4/c1-11-7-13(4-5-14(11)27-10-18(19,20)21)22-16(26)23-8-12-3-2-6-17(12,9-23)15(24)25/h4-5,7,12H,2-3,6,8-10H2,1H3,(H,22,26)(H,24,25)/t12-,17+/m0/s1. The molecule has 9 heteroatoms. The fraction of sp³-hybridized carbons (Fsp3) is 0.556. The number of aliphatic carboxylic acids is 1.